The van der Waals surface area contributed by atoms with E-state index >= 15 is 0 Å². The van der Waals surface area contributed by atoms with Gasteiger partial charge in [-0.2, -0.15) is 13.2 Å². The number of nitro benzene ring substituents is 1. The van der Waals surface area contributed by atoms with Crippen LogP contribution in [0.2, 0.25) is 0 Å². The summed E-state index contributed by atoms with van der Waals surface area (Å²) in [7, 11) is 3.51. The lowest BCUT2D eigenvalue weighted by Crippen LogP contribution is -2.50. The second-order valence-electron chi connectivity index (χ2n) is 8.61. The second-order valence-corrected chi connectivity index (χ2v) is 8.61. The van der Waals surface area contributed by atoms with Crippen molar-refractivity contribution in [2.24, 2.45) is 5.41 Å². The molecule has 0 aliphatic heterocycles. The summed E-state index contributed by atoms with van der Waals surface area (Å²) in [6.07, 6.45) is -3.90. The number of nitro groups is 1. The highest BCUT2D eigenvalue weighted by Gasteiger charge is 2.50. The van der Waals surface area contributed by atoms with Crippen LogP contribution in [0.25, 0.3) is 5.70 Å². The van der Waals surface area contributed by atoms with Gasteiger partial charge < -0.3 is 9.64 Å². The van der Waals surface area contributed by atoms with Gasteiger partial charge in [-0.15, -0.1) is 0 Å². The van der Waals surface area contributed by atoms with Crippen molar-refractivity contribution in [3.8, 4) is 5.75 Å². The maximum atomic E-state index is 12.8. The van der Waals surface area contributed by atoms with E-state index in [1.54, 1.807) is 31.1 Å². The molecule has 1 aliphatic rings. The van der Waals surface area contributed by atoms with E-state index in [1.807, 2.05) is 13.8 Å². The molecule has 0 amide bonds. The van der Waals surface area contributed by atoms with E-state index < -0.39 is 16.7 Å². The number of halogens is 3. The molecule has 166 valence electrons. The summed E-state index contributed by atoms with van der Waals surface area (Å²) in [6.45, 7) is 7.93. The van der Waals surface area contributed by atoms with E-state index in [0.717, 1.165) is 17.7 Å². The molecule has 0 bridgehead atoms. The Bertz CT molecular complexity index is 998. The summed E-state index contributed by atoms with van der Waals surface area (Å²) < 4.78 is 44.6. The first-order valence-electron chi connectivity index (χ1n) is 9.81. The zero-order chi connectivity index (χ0) is 23.1. The standard InChI is InChI=1S/C23H25F3N2O3/c1-14(27(4)5)18-12-17(10-11-20(18)28(29)30)31-21-13-19(22(21,2)3)15-6-8-16(9-7-15)23(24,25)26/h6-12,19,21H,1,13H2,2-5H3. The fourth-order valence-electron chi connectivity index (χ4n) is 3.94. The molecular weight excluding hydrogens is 409 g/mol. The van der Waals surface area contributed by atoms with Gasteiger partial charge in [0.15, 0.2) is 0 Å². The van der Waals surface area contributed by atoms with E-state index in [2.05, 4.69) is 6.58 Å². The lowest BCUT2D eigenvalue weighted by molar-refractivity contribution is -0.385. The molecule has 0 N–H and O–H groups in total. The highest BCUT2D eigenvalue weighted by molar-refractivity contribution is 5.71. The van der Waals surface area contributed by atoms with Crippen LogP contribution in [-0.4, -0.2) is 30.0 Å². The molecule has 0 radical (unpaired) electrons. The van der Waals surface area contributed by atoms with Gasteiger partial charge in [-0.3, -0.25) is 10.1 Å². The van der Waals surface area contributed by atoms with Crippen LogP contribution in [0.1, 0.15) is 42.9 Å². The number of hydrogen-bond acceptors (Lipinski definition) is 4. The van der Waals surface area contributed by atoms with Crippen LogP contribution in [0.3, 0.4) is 0 Å². The summed E-state index contributed by atoms with van der Waals surface area (Å²) in [6, 6.07) is 9.84. The van der Waals surface area contributed by atoms with Gasteiger partial charge >= 0.3 is 6.18 Å². The van der Waals surface area contributed by atoms with Crippen LogP contribution in [-0.2, 0) is 6.18 Å². The predicted molar refractivity (Wildman–Crippen MR) is 113 cm³/mol. The Morgan fingerprint density at radius 2 is 1.81 bits per heavy atom. The molecule has 2 atom stereocenters. The Labute approximate surface area is 179 Å². The van der Waals surface area contributed by atoms with Crippen molar-refractivity contribution in [2.45, 2.75) is 38.5 Å². The third-order valence-electron chi connectivity index (χ3n) is 6.11. The van der Waals surface area contributed by atoms with E-state index in [-0.39, 0.29) is 23.1 Å². The first-order chi connectivity index (χ1) is 14.3. The van der Waals surface area contributed by atoms with Gasteiger partial charge in [-0.1, -0.05) is 32.6 Å². The first-order valence-corrected chi connectivity index (χ1v) is 9.81. The fraction of sp³-hybridized carbons (Fsp3) is 0.391. The monoisotopic (exact) mass is 434 g/mol. The third kappa shape index (κ3) is 4.38. The topological polar surface area (TPSA) is 55.6 Å². The zero-order valence-electron chi connectivity index (χ0n) is 17.9. The van der Waals surface area contributed by atoms with Crippen molar-refractivity contribution >= 4 is 11.4 Å². The maximum absolute atomic E-state index is 12.8. The average Bonchev–Trinajstić information content (AvgIpc) is 2.69. The molecule has 1 fully saturated rings. The number of alkyl halides is 3. The second kappa shape index (κ2) is 7.90. The molecule has 1 aliphatic carbocycles. The van der Waals surface area contributed by atoms with Crippen LogP contribution < -0.4 is 4.74 Å². The van der Waals surface area contributed by atoms with Crippen molar-refractivity contribution < 1.29 is 22.8 Å². The molecule has 2 unspecified atom stereocenters. The fourth-order valence-corrected chi connectivity index (χ4v) is 3.94. The number of rotatable bonds is 6. The Hall–Kier alpha value is -3.03. The van der Waals surface area contributed by atoms with Crippen LogP contribution in [0, 0.1) is 15.5 Å². The van der Waals surface area contributed by atoms with Gasteiger partial charge in [0.1, 0.15) is 11.9 Å². The average molecular weight is 434 g/mol. The first kappa shape index (κ1) is 22.7. The number of benzene rings is 2. The van der Waals surface area contributed by atoms with Gasteiger partial charge in [0.05, 0.1) is 16.1 Å². The van der Waals surface area contributed by atoms with Crippen molar-refractivity contribution in [1.82, 2.24) is 4.90 Å². The highest BCUT2D eigenvalue weighted by Crippen LogP contribution is 2.54. The largest absolute Gasteiger partial charge is 0.490 e. The highest BCUT2D eigenvalue weighted by atomic mass is 19.4. The van der Waals surface area contributed by atoms with Crippen molar-refractivity contribution in [3.63, 3.8) is 0 Å². The van der Waals surface area contributed by atoms with Gasteiger partial charge in [0.2, 0.25) is 0 Å². The maximum Gasteiger partial charge on any atom is 0.416 e. The summed E-state index contributed by atoms with van der Waals surface area (Å²) in [4.78, 5) is 12.6. The number of hydrogen-bond donors (Lipinski definition) is 0. The van der Waals surface area contributed by atoms with Crippen LogP contribution in [0.4, 0.5) is 18.9 Å². The Morgan fingerprint density at radius 1 is 1.19 bits per heavy atom. The number of nitrogens with zero attached hydrogens (tertiary/aromatic N) is 2. The molecular formula is C23H25F3N2O3. The Morgan fingerprint density at radius 3 is 2.29 bits per heavy atom. The van der Waals surface area contributed by atoms with E-state index in [1.165, 1.54) is 18.2 Å². The Balaban J connectivity index is 1.78. The van der Waals surface area contributed by atoms with Crippen molar-refractivity contribution in [3.05, 3.63) is 75.8 Å². The predicted octanol–water partition coefficient (Wildman–Crippen LogP) is 6.11. The van der Waals surface area contributed by atoms with Crippen LogP contribution in [0.15, 0.2) is 49.0 Å². The minimum atomic E-state index is -4.36. The summed E-state index contributed by atoms with van der Waals surface area (Å²) in [5, 5.41) is 11.4. The molecule has 2 aromatic carbocycles. The van der Waals surface area contributed by atoms with Gasteiger partial charge in [0, 0.05) is 31.3 Å². The summed E-state index contributed by atoms with van der Waals surface area (Å²) in [5.74, 6) is 0.543. The zero-order valence-corrected chi connectivity index (χ0v) is 17.9. The van der Waals surface area contributed by atoms with Gasteiger partial charge in [0.25, 0.3) is 5.69 Å². The minimum absolute atomic E-state index is 0.0500. The van der Waals surface area contributed by atoms with Crippen LogP contribution >= 0.6 is 0 Å². The van der Waals surface area contributed by atoms with E-state index in [0.29, 0.717) is 23.4 Å². The number of ether oxygens (including phenoxy) is 1. The third-order valence-corrected chi connectivity index (χ3v) is 6.11. The smallest absolute Gasteiger partial charge is 0.416 e. The molecule has 8 heteroatoms. The molecule has 0 aromatic heterocycles. The molecule has 0 heterocycles. The SMILES string of the molecule is C=C(c1cc(OC2CC(c3ccc(C(F)(F)F)cc3)C2(C)C)ccc1[N+](=O)[O-])N(C)C. The summed E-state index contributed by atoms with van der Waals surface area (Å²) >= 11 is 0. The van der Waals surface area contributed by atoms with Gasteiger partial charge in [-0.25, -0.2) is 0 Å². The molecule has 1 saturated carbocycles. The molecule has 5 nitrogen and oxygen atoms in total. The lowest BCUT2D eigenvalue weighted by atomic mass is 9.57. The van der Waals surface area contributed by atoms with Gasteiger partial charge in [-0.05, 0) is 42.2 Å². The van der Waals surface area contributed by atoms with Crippen molar-refractivity contribution in [2.75, 3.05) is 14.1 Å². The quantitative estimate of drug-likeness (QED) is 0.407. The summed E-state index contributed by atoms with van der Waals surface area (Å²) in [5.41, 5.74) is 0.669. The molecule has 3 rings (SSSR count). The van der Waals surface area contributed by atoms with Crippen molar-refractivity contribution in [1.29, 1.82) is 0 Å². The van der Waals surface area contributed by atoms with Crippen LogP contribution in [0.5, 0.6) is 5.75 Å². The minimum Gasteiger partial charge on any atom is -0.490 e. The molecule has 0 saturated heterocycles. The molecule has 0 spiro atoms. The molecule has 31 heavy (non-hydrogen) atoms. The molecule has 2 aromatic rings. The Kier molecular flexibility index (Phi) is 5.78. The lowest BCUT2D eigenvalue weighted by Gasteiger charge is -2.51. The van der Waals surface area contributed by atoms with E-state index in [4.69, 9.17) is 4.74 Å². The van der Waals surface area contributed by atoms with E-state index in [9.17, 15) is 23.3 Å². The normalized spacial score (nSPS) is 20.0.